The van der Waals surface area contributed by atoms with Gasteiger partial charge in [0.15, 0.2) is 5.78 Å². The van der Waals surface area contributed by atoms with Crippen molar-refractivity contribution in [2.24, 2.45) is 11.7 Å². The Kier molecular flexibility index (Phi) is 5.71. The van der Waals surface area contributed by atoms with Crippen LogP contribution in [0.1, 0.15) is 38.5 Å². The van der Waals surface area contributed by atoms with Gasteiger partial charge in [-0.15, -0.1) is 0 Å². The Morgan fingerprint density at radius 3 is 2.64 bits per heavy atom. The highest BCUT2D eigenvalue weighted by Gasteiger charge is 2.60. The van der Waals surface area contributed by atoms with Crippen LogP contribution in [-0.2, 0) is 19.1 Å². The van der Waals surface area contributed by atoms with E-state index >= 15 is 4.39 Å². The number of alkyl halides is 1. The average molecular weight is 463 g/mol. The largest absolute Gasteiger partial charge is 0.378 e. The fourth-order valence-electron chi connectivity index (χ4n) is 7.17. The third-order valence-electron chi connectivity index (χ3n) is 8.75. The van der Waals surface area contributed by atoms with Gasteiger partial charge >= 0.3 is 0 Å². The van der Waals surface area contributed by atoms with Crippen LogP contribution in [0.4, 0.5) is 4.39 Å². The molecule has 3 saturated heterocycles. The number of nitrogens with two attached hydrogens (primary N) is 1. The molecule has 0 radical (unpaired) electrons. The van der Waals surface area contributed by atoms with Crippen LogP contribution >= 0.6 is 0 Å². The van der Waals surface area contributed by atoms with E-state index < -0.39 is 12.1 Å². The van der Waals surface area contributed by atoms with E-state index in [1.807, 2.05) is 6.20 Å². The molecule has 0 aromatic carbocycles. The maximum atomic E-state index is 15.8. The molecule has 5 fully saturated rings. The molecule has 8 nitrogen and oxygen atoms in total. The molecule has 2 aliphatic carbocycles. The van der Waals surface area contributed by atoms with Crippen molar-refractivity contribution in [1.29, 1.82) is 0 Å². The van der Waals surface area contributed by atoms with Gasteiger partial charge in [0, 0.05) is 44.3 Å². The van der Waals surface area contributed by atoms with Crippen molar-refractivity contribution in [2.45, 2.75) is 81.1 Å². The van der Waals surface area contributed by atoms with E-state index in [4.69, 9.17) is 15.2 Å². The number of morpholine rings is 2. The standard InChI is InChI=1S/C24H35FN4O4/c25-17-11-15-20-23(21(17)28-6-5-14(26)12-28)33-19-4-2-1-3-18(19)29(20)13-16(22(15)30)24(31)27-7-9-32-10-8-27/h13-15,17-21,23H,1-12,26H2. The number of carbonyl (C=O) groups excluding carboxylic acids is 2. The topological polar surface area (TPSA) is 88.3 Å². The Bertz CT molecular complexity index is 833. The first-order valence-corrected chi connectivity index (χ1v) is 12.7. The molecule has 182 valence electrons. The van der Waals surface area contributed by atoms with E-state index in [9.17, 15) is 9.59 Å². The molecule has 2 saturated carbocycles. The number of Topliss-reactive ketones (excluding diaryl/α,β-unsaturated/α-hetero) is 1. The SMILES string of the molecule is NC1CCN(C2C(F)CC3C(=O)C(C(=O)N4CCOCC4)=CN4C5CCCCC5OC2C34)C1. The summed E-state index contributed by atoms with van der Waals surface area (Å²) in [5, 5.41) is 0. The number of rotatable bonds is 2. The van der Waals surface area contributed by atoms with Gasteiger partial charge in [0.2, 0.25) is 0 Å². The van der Waals surface area contributed by atoms with E-state index in [-0.39, 0.29) is 60.1 Å². The highest BCUT2D eigenvalue weighted by molar-refractivity contribution is 6.20. The highest BCUT2D eigenvalue weighted by Crippen LogP contribution is 2.47. The molecular weight excluding hydrogens is 427 g/mol. The van der Waals surface area contributed by atoms with Crippen molar-refractivity contribution in [3.63, 3.8) is 0 Å². The zero-order chi connectivity index (χ0) is 22.7. The summed E-state index contributed by atoms with van der Waals surface area (Å²) in [6.45, 7) is 3.37. The molecule has 9 heteroatoms. The summed E-state index contributed by atoms with van der Waals surface area (Å²) < 4.78 is 27.8. The van der Waals surface area contributed by atoms with Crippen molar-refractivity contribution in [2.75, 3.05) is 39.4 Å². The predicted molar refractivity (Wildman–Crippen MR) is 118 cm³/mol. The van der Waals surface area contributed by atoms with Gasteiger partial charge in [-0.25, -0.2) is 4.39 Å². The fourth-order valence-corrected chi connectivity index (χ4v) is 7.17. The van der Waals surface area contributed by atoms with Crippen LogP contribution in [0.2, 0.25) is 0 Å². The molecule has 4 heterocycles. The third kappa shape index (κ3) is 3.63. The van der Waals surface area contributed by atoms with Gasteiger partial charge in [0.05, 0.1) is 49.1 Å². The molecule has 0 aromatic rings. The number of amides is 1. The maximum absolute atomic E-state index is 15.8. The lowest BCUT2D eigenvalue weighted by Crippen LogP contribution is -2.73. The summed E-state index contributed by atoms with van der Waals surface area (Å²) in [6.07, 6.45) is 5.38. The zero-order valence-corrected chi connectivity index (χ0v) is 19.1. The second kappa shape index (κ2) is 8.59. The minimum absolute atomic E-state index is 0.00826. The van der Waals surface area contributed by atoms with Crippen LogP contribution < -0.4 is 5.73 Å². The van der Waals surface area contributed by atoms with Crippen LogP contribution in [0.15, 0.2) is 11.8 Å². The molecule has 6 rings (SSSR count). The number of carbonyl (C=O) groups is 2. The van der Waals surface area contributed by atoms with Gasteiger partial charge in [-0.2, -0.15) is 0 Å². The first-order valence-electron chi connectivity index (χ1n) is 12.7. The van der Waals surface area contributed by atoms with Crippen molar-refractivity contribution in [3.8, 4) is 0 Å². The lowest BCUT2D eigenvalue weighted by atomic mass is 9.69. The maximum Gasteiger partial charge on any atom is 0.259 e. The van der Waals surface area contributed by atoms with Crippen molar-refractivity contribution in [3.05, 3.63) is 11.8 Å². The van der Waals surface area contributed by atoms with Crippen LogP contribution in [0.25, 0.3) is 0 Å². The van der Waals surface area contributed by atoms with Gasteiger partial charge in [-0.3, -0.25) is 14.5 Å². The number of ether oxygens (including phenoxy) is 2. The van der Waals surface area contributed by atoms with E-state index in [2.05, 4.69) is 9.80 Å². The average Bonchev–Trinajstić information content (AvgIpc) is 3.26. The summed E-state index contributed by atoms with van der Waals surface area (Å²) in [5.41, 5.74) is 6.38. The summed E-state index contributed by atoms with van der Waals surface area (Å²) >= 11 is 0. The monoisotopic (exact) mass is 462 g/mol. The van der Waals surface area contributed by atoms with E-state index in [1.165, 1.54) is 0 Å². The van der Waals surface area contributed by atoms with E-state index in [0.717, 1.165) is 38.6 Å². The minimum atomic E-state index is -1.18. The molecule has 33 heavy (non-hydrogen) atoms. The smallest absolute Gasteiger partial charge is 0.259 e. The number of halogens is 1. The number of fused-ring (bicyclic) bond motifs is 2. The first kappa shape index (κ1) is 21.9. The molecule has 4 aliphatic heterocycles. The Labute approximate surface area is 194 Å². The Morgan fingerprint density at radius 2 is 1.88 bits per heavy atom. The number of nitrogens with zero attached hydrogens (tertiary/aromatic N) is 3. The minimum Gasteiger partial charge on any atom is -0.378 e. The van der Waals surface area contributed by atoms with Gasteiger partial charge in [0.25, 0.3) is 5.91 Å². The first-order chi connectivity index (χ1) is 16.0. The lowest BCUT2D eigenvalue weighted by molar-refractivity contribution is -0.210. The zero-order valence-electron chi connectivity index (χ0n) is 19.1. The van der Waals surface area contributed by atoms with Crippen LogP contribution in [0.3, 0.4) is 0 Å². The fraction of sp³-hybridized carbons (Fsp3) is 0.833. The number of hydrogen-bond acceptors (Lipinski definition) is 7. The molecular formula is C24H35FN4O4. The summed E-state index contributed by atoms with van der Waals surface area (Å²) in [7, 11) is 0. The van der Waals surface area contributed by atoms with Gasteiger partial charge < -0.3 is 25.0 Å². The van der Waals surface area contributed by atoms with E-state index in [0.29, 0.717) is 32.8 Å². The normalized spacial score (nSPS) is 43.7. The molecule has 0 aromatic heterocycles. The molecule has 0 spiro atoms. The number of hydrogen-bond donors (Lipinski definition) is 1. The summed E-state index contributed by atoms with van der Waals surface area (Å²) in [4.78, 5) is 33.1. The van der Waals surface area contributed by atoms with Crippen molar-refractivity contribution < 1.29 is 23.5 Å². The second-order valence-corrected chi connectivity index (χ2v) is 10.6. The predicted octanol–water partition coefficient (Wildman–Crippen LogP) is 0.452. The van der Waals surface area contributed by atoms with Crippen molar-refractivity contribution >= 4 is 11.7 Å². The quantitative estimate of drug-likeness (QED) is 0.596. The summed E-state index contributed by atoms with van der Waals surface area (Å²) in [5.74, 6) is -1.000. The molecule has 8 atom stereocenters. The molecule has 2 N–H and O–H groups in total. The van der Waals surface area contributed by atoms with E-state index in [1.54, 1.807) is 4.90 Å². The number of ketones is 1. The molecule has 1 amide bonds. The van der Waals surface area contributed by atoms with Crippen LogP contribution in [-0.4, -0.2) is 108 Å². The highest BCUT2D eigenvalue weighted by atomic mass is 19.1. The lowest BCUT2D eigenvalue weighted by Gasteiger charge is -2.60. The molecule has 8 unspecified atom stereocenters. The van der Waals surface area contributed by atoms with Gasteiger partial charge in [0.1, 0.15) is 6.17 Å². The Morgan fingerprint density at radius 1 is 1.09 bits per heavy atom. The van der Waals surface area contributed by atoms with Crippen molar-refractivity contribution in [1.82, 2.24) is 14.7 Å². The van der Waals surface area contributed by atoms with Gasteiger partial charge in [-0.1, -0.05) is 12.8 Å². The third-order valence-corrected chi connectivity index (χ3v) is 8.75. The van der Waals surface area contributed by atoms with Crippen LogP contribution in [0, 0.1) is 5.92 Å². The van der Waals surface area contributed by atoms with Gasteiger partial charge in [-0.05, 0) is 25.7 Å². The molecule has 6 aliphatic rings. The second-order valence-electron chi connectivity index (χ2n) is 10.6. The number of likely N-dealkylation sites (tertiary alicyclic amines) is 1. The Balaban J connectivity index is 1.37. The Hall–Kier alpha value is -1.55. The van der Waals surface area contributed by atoms with Crippen LogP contribution in [0.5, 0.6) is 0 Å². The molecule has 0 bridgehead atoms. The summed E-state index contributed by atoms with van der Waals surface area (Å²) in [6, 6.07) is -0.404.